The fourth-order valence-electron chi connectivity index (χ4n) is 4.11. The minimum absolute atomic E-state index is 0.190. The van der Waals surface area contributed by atoms with Gasteiger partial charge in [-0.15, -0.1) is 0 Å². The van der Waals surface area contributed by atoms with E-state index in [1.165, 1.54) is 22.4 Å². The molecule has 2 heterocycles. The zero-order valence-corrected chi connectivity index (χ0v) is 17.0. The van der Waals surface area contributed by atoms with Crippen molar-refractivity contribution in [2.45, 2.75) is 25.6 Å². The van der Waals surface area contributed by atoms with E-state index in [-0.39, 0.29) is 12.3 Å². The van der Waals surface area contributed by atoms with Crippen LogP contribution in [0.2, 0.25) is 0 Å². The van der Waals surface area contributed by atoms with E-state index in [2.05, 4.69) is 97.7 Å². The predicted molar refractivity (Wildman–Crippen MR) is 117 cm³/mol. The lowest BCUT2D eigenvalue weighted by Gasteiger charge is -2.38. The molecule has 2 atom stereocenters. The summed E-state index contributed by atoms with van der Waals surface area (Å²) in [7, 11) is 4.11. The lowest BCUT2D eigenvalue weighted by molar-refractivity contribution is -0.0190. The van der Waals surface area contributed by atoms with E-state index in [4.69, 9.17) is 9.84 Å². The number of hydrogen-bond donors (Lipinski definition) is 0. The van der Waals surface area contributed by atoms with Crippen molar-refractivity contribution in [3.63, 3.8) is 0 Å². The first-order valence-corrected chi connectivity index (χ1v) is 10.1. The molecular formula is C25H25N3O. The molecule has 4 nitrogen and oxygen atoms in total. The van der Waals surface area contributed by atoms with Gasteiger partial charge >= 0.3 is 0 Å². The van der Waals surface area contributed by atoms with Crippen LogP contribution in [0.5, 0.6) is 5.75 Å². The summed E-state index contributed by atoms with van der Waals surface area (Å²) in [5.74, 6) is 0.954. The monoisotopic (exact) mass is 383 g/mol. The molecule has 146 valence electrons. The minimum atomic E-state index is -0.228. The Morgan fingerprint density at radius 1 is 0.931 bits per heavy atom. The van der Waals surface area contributed by atoms with Crippen molar-refractivity contribution in [3.05, 3.63) is 95.1 Å². The molecule has 0 radical (unpaired) electrons. The summed E-state index contributed by atoms with van der Waals surface area (Å²) in [5.41, 5.74) is 7.06. The fourth-order valence-corrected chi connectivity index (χ4v) is 4.11. The van der Waals surface area contributed by atoms with Crippen LogP contribution in [0.15, 0.2) is 77.9 Å². The molecule has 0 amide bonds. The van der Waals surface area contributed by atoms with Crippen molar-refractivity contribution in [1.82, 2.24) is 5.01 Å². The van der Waals surface area contributed by atoms with Gasteiger partial charge in [0, 0.05) is 37.3 Å². The van der Waals surface area contributed by atoms with Gasteiger partial charge in [0.25, 0.3) is 0 Å². The Morgan fingerprint density at radius 2 is 1.66 bits per heavy atom. The molecule has 3 aromatic carbocycles. The van der Waals surface area contributed by atoms with Crippen molar-refractivity contribution in [3.8, 4) is 5.75 Å². The van der Waals surface area contributed by atoms with Crippen molar-refractivity contribution >= 4 is 11.4 Å². The van der Waals surface area contributed by atoms with Crippen molar-refractivity contribution in [2.24, 2.45) is 5.10 Å². The largest absolute Gasteiger partial charge is 0.464 e. The Kier molecular flexibility index (Phi) is 4.27. The normalized spacial score (nSPS) is 19.8. The number of benzene rings is 3. The van der Waals surface area contributed by atoms with Crippen LogP contribution in [0.3, 0.4) is 0 Å². The second-order valence-electron chi connectivity index (χ2n) is 8.01. The van der Waals surface area contributed by atoms with Gasteiger partial charge in [-0.2, -0.15) is 5.10 Å². The molecule has 0 spiro atoms. The van der Waals surface area contributed by atoms with Gasteiger partial charge in [-0.1, -0.05) is 60.2 Å². The van der Waals surface area contributed by atoms with Gasteiger partial charge < -0.3 is 9.64 Å². The highest BCUT2D eigenvalue weighted by Crippen LogP contribution is 2.47. The summed E-state index contributed by atoms with van der Waals surface area (Å²) in [6.45, 7) is 2.11. The number of aryl methyl sites for hydroxylation is 1. The number of hydrogen-bond acceptors (Lipinski definition) is 4. The summed E-state index contributed by atoms with van der Waals surface area (Å²) in [5, 5.41) is 7.18. The predicted octanol–water partition coefficient (Wildman–Crippen LogP) is 5.30. The molecule has 0 bridgehead atoms. The zero-order valence-electron chi connectivity index (χ0n) is 17.0. The van der Waals surface area contributed by atoms with Crippen molar-refractivity contribution < 1.29 is 4.74 Å². The first-order chi connectivity index (χ1) is 14.1. The summed E-state index contributed by atoms with van der Waals surface area (Å²) in [4.78, 5) is 2.10. The molecule has 0 saturated carbocycles. The van der Waals surface area contributed by atoms with Crippen LogP contribution < -0.4 is 9.64 Å². The topological polar surface area (TPSA) is 28.1 Å². The van der Waals surface area contributed by atoms with E-state index < -0.39 is 0 Å². The van der Waals surface area contributed by atoms with Gasteiger partial charge in [0.1, 0.15) is 5.75 Å². The van der Waals surface area contributed by atoms with Crippen LogP contribution >= 0.6 is 0 Å². The van der Waals surface area contributed by atoms with Gasteiger partial charge in [-0.05, 0) is 30.7 Å². The van der Waals surface area contributed by atoms with Crippen LogP contribution in [0, 0.1) is 6.92 Å². The second kappa shape index (κ2) is 6.96. The highest BCUT2D eigenvalue weighted by atomic mass is 16.5. The first kappa shape index (κ1) is 17.8. The van der Waals surface area contributed by atoms with Crippen molar-refractivity contribution in [2.75, 3.05) is 19.0 Å². The van der Waals surface area contributed by atoms with E-state index in [1.807, 2.05) is 6.07 Å². The second-order valence-corrected chi connectivity index (χ2v) is 8.01. The molecule has 0 fully saturated rings. The van der Waals surface area contributed by atoms with Gasteiger partial charge in [-0.3, -0.25) is 0 Å². The third kappa shape index (κ3) is 3.15. The summed E-state index contributed by atoms with van der Waals surface area (Å²) in [6, 6.07) is 25.7. The summed E-state index contributed by atoms with van der Waals surface area (Å²) >= 11 is 0. The number of para-hydroxylation sites is 1. The van der Waals surface area contributed by atoms with Crippen LogP contribution in [-0.4, -0.2) is 24.8 Å². The molecule has 2 aliphatic heterocycles. The highest BCUT2D eigenvalue weighted by Gasteiger charge is 2.40. The number of hydrazone groups is 1. The molecule has 0 aliphatic carbocycles. The number of ether oxygens (including phenoxy) is 1. The first-order valence-electron chi connectivity index (χ1n) is 10.1. The quantitative estimate of drug-likeness (QED) is 0.614. The summed E-state index contributed by atoms with van der Waals surface area (Å²) < 4.78 is 6.44. The smallest absolute Gasteiger partial charge is 0.213 e. The van der Waals surface area contributed by atoms with Crippen molar-refractivity contribution in [1.29, 1.82) is 0 Å². The summed E-state index contributed by atoms with van der Waals surface area (Å²) in [6.07, 6.45) is 0.657. The molecule has 3 aromatic rings. The van der Waals surface area contributed by atoms with E-state index in [1.54, 1.807) is 0 Å². The molecule has 0 aromatic heterocycles. The molecule has 29 heavy (non-hydrogen) atoms. The maximum Gasteiger partial charge on any atom is 0.213 e. The van der Waals surface area contributed by atoms with E-state index in [9.17, 15) is 0 Å². The van der Waals surface area contributed by atoms with E-state index in [0.717, 1.165) is 23.4 Å². The average molecular weight is 383 g/mol. The highest BCUT2D eigenvalue weighted by molar-refractivity contribution is 6.02. The molecule has 0 N–H and O–H groups in total. The standard InChI is InChI=1S/C25H25N3O/c1-17-8-10-18(11-9-17)22-16-23-21-6-4-5-7-24(21)29-25(28(23)26-22)19-12-14-20(15-13-19)27(2)3/h4-15,23,25H,16H2,1-3H3/t23-,25-/m0/s1. The maximum atomic E-state index is 6.44. The maximum absolute atomic E-state index is 6.44. The molecule has 5 rings (SSSR count). The minimum Gasteiger partial charge on any atom is -0.464 e. The van der Waals surface area contributed by atoms with Crippen LogP contribution in [0.1, 0.15) is 40.9 Å². The third-order valence-corrected chi connectivity index (χ3v) is 5.78. The number of anilines is 1. The number of nitrogens with zero attached hydrogens (tertiary/aromatic N) is 3. The molecular weight excluding hydrogens is 358 g/mol. The van der Waals surface area contributed by atoms with E-state index >= 15 is 0 Å². The van der Waals surface area contributed by atoms with Gasteiger partial charge in [-0.25, -0.2) is 5.01 Å². The number of rotatable bonds is 3. The van der Waals surface area contributed by atoms with Crippen LogP contribution in [-0.2, 0) is 0 Å². The van der Waals surface area contributed by atoms with E-state index in [0.29, 0.717) is 0 Å². The lowest BCUT2D eigenvalue weighted by Crippen LogP contribution is -2.33. The average Bonchev–Trinajstić information content (AvgIpc) is 3.19. The fraction of sp³-hybridized carbons (Fsp3) is 0.240. The lowest BCUT2D eigenvalue weighted by atomic mass is 9.95. The molecule has 4 heteroatoms. The number of fused-ring (bicyclic) bond motifs is 3. The van der Waals surface area contributed by atoms with Crippen LogP contribution in [0.25, 0.3) is 0 Å². The Bertz CT molecular complexity index is 1050. The van der Waals surface area contributed by atoms with Gasteiger partial charge in [0.2, 0.25) is 6.23 Å². The van der Waals surface area contributed by atoms with Gasteiger partial charge in [0.05, 0.1) is 11.8 Å². The van der Waals surface area contributed by atoms with Gasteiger partial charge in [0.15, 0.2) is 0 Å². The third-order valence-electron chi connectivity index (χ3n) is 5.78. The SMILES string of the molecule is Cc1ccc(C2=NN3[C@@H](C2)c2ccccc2O[C@H]3c2ccc(N(C)C)cc2)cc1. The molecule has 2 aliphatic rings. The zero-order chi connectivity index (χ0) is 20.0. The Hall–Kier alpha value is -3.27. The Balaban J connectivity index is 1.55. The molecule has 0 unspecified atom stereocenters. The Morgan fingerprint density at radius 3 is 2.38 bits per heavy atom. The molecule has 0 saturated heterocycles. The van der Waals surface area contributed by atoms with Crippen LogP contribution in [0.4, 0.5) is 5.69 Å². The Labute approximate surface area is 172 Å².